The normalized spacial score (nSPS) is 10.2. The van der Waals surface area contributed by atoms with Crippen molar-refractivity contribution in [2.75, 3.05) is 24.2 Å². The molecular formula is C11H19N3O. The number of unbranched alkanes of at least 4 members (excludes halogenated alkanes) is 3. The Morgan fingerprint density at radius 2 is 2.00 bits per heavy atom. The molecule has 0 spiro atoms. The third-order valence-electron chi connectivity index (χ3n) is 2.20. The highest BCUT2D eigenvalue weighted by molar-refractivity contribution is 5.45. The molecule has 84 valence electrons. The van der Waals surface area contributed by atoms with Gasteiger partial charge in [-0.1, -0.05) is 12.8 Å². The Kier molecular flexibility index (Phi) is 5.55. The molecule has 0 aliphatic rings. The second-order valence-electron chi connectivity index (χ2n) is 3.54. The zero-order valence-corrected chi connectivity index (χ0v) is 8.95. The predicted octanol–water partition coefficient (Wildman–Crippen LogP) is 1.63. The number of nitrogens with zero attached hydrogens (tertiary/aromatic N) is 1. The fraction of sp³-hybridized carbons (Fsp3) is 0.545. The van der Waals surface area contributed by atoms with Crippen molar-refractivity contribution in [2.45, 2.75) is 25.7 Å². The Hall–Kier alpha value is -1.29. The van der Waals surface area contributed by atoms with Gasteiger partial charge in [0.25, 0.3) is 0 Å². The average Bonchev–Trinajstić information content (AvgIpc) is 2.26. The summed E-state index contributed by atoms with van der Waals surface area (Å²) in [6, 6.07) is 3.71. The number of hydrogen-bond acceptors (Lipinski definition) is 4. The molecule has 4 N–H and O–H groups in total. The lowest BCUT2D eigenvalue weighted by Gasteiger charge is -2.05. The molecule has 0 bridgehead atoms. The number of aromatic nitrogens is 1. The van der Waals surface area contributed by atoms with E-state index >= 15 is 0 Å². The highest BCUT2D eigenvalue weighted by Gasteiger charge is 1.92. The van der Waals surface area contributed by atoms with Crippen LogP contribution in [0, 0.1) is 0 Å². The summed E-state index contributed by atoms with van der Waals surface area (Å²) in [5.74, 6) is 0.545. The van der Waals surface area contributed by atoms with E-state index in [2.05, 4.69) is 10.3 Å². The van der Waals surface area contributed by atoms with Crippen molar-refractivity contribution in [3.8, 4) is 0 Å². The molecule has 0 amide bonds. The van der Waals surface area contributed by atoms with E-state index < -0.39 is 0 Å². The Morgan fingerprint density at radius 3 is 2.67 bits per heavy atom. The number of rotatable bonds is 7. The molecule has 0 radical (unpaired) electrons. The van der Waals surface area contributed by atoms with Crippen LogP contribution >= 0.6 is 0 Å². The van der Waals surface area contributed by atoms with Crippen molar-refractivity contribution in [3.05, 3.63) is 18.3 Å². The zero-order chi connectivity index (χ0) is 10.9. The Balaban J connectivity index is 2.07. The third-order valence-corrected chi connectivity index (χ3v) is 2.20. The highest BCUT2D eigenvalue weighted by Crippen LogP contribution is 2.07. The van der Waals surface area contributed by atoms with Crippen LogP contribution in [0.2, 0.25) is 0 Å². The molecule has 4 heteroatoms. The zero-order valence-electron chi connectivity index (χ0n) is 8.95. The molecule has 15 heavy (non-hydrogen) atoms. The molecule has 1 rings (SSSR count). The maximum atomic E-state index is 8.59. The maximum Gasteiger partial charge on any atom is 0.123 e. The minimum atomic E-state index is 0.301. The predicted molar refractivity (Wildman–Crippen MR) is 62.7 cm³/mol. The molecular weight excluding hydrogens is 190 g/mol. The van der Waals surface area contributed by atoms with Crippen molar-refractivity contribution < 1.29 is 5.11 Å². The van der Waals surface area contributed by atoms with Gasteiger partial charge < -0.3 is 16.2 Å². The van der Waals surface area contributed by atoms with Crippen molar-refractivity contribution in [3.63, 3.8) is 0 Å². The average molecular weight is 209 g/mol. The van der Waals surface area contributed by atoms with Gasteiger partial charge in [0.2, 0.25) is 0 Å². The largest absolute Gasteiger partial charge is 0.396 e. The van der Waals surface area contributed by atoms with Crippen molar-refractivity contribution in [1.82, 2.24) is 4.98 Å². The van der Waals surface area contributed by atoms with E-state index in [0.29, 0.717) is 12.4 Å². The molecule has 1 aromatic rings. The molecule has 0 aliphatic heterocycles. The SMILES string of the molecule is Nc1ccc(NCCCCCCO)cn1. The van der Waals surface area contributed by atoms with Crippen LogP contribution in [-0.2, 0) is 0 Å². The number of aliphatic hydroxyl groups excluding tert-OH is 1. The highest BCUT2D eigenvalue weighted by atomic mass is 16.2. The van der Waals surface area contributed by atoms with Gasteiger partial charge in [0, 0.05) is 13.2 Å². The van der Waals surface area contributed by atoms with Crippen molar-refractivity contribution in [2.24, 2.45) is 0 Å². The first-order chi connectivity index (χ1) is 7.33. The Labute approximate surface area is 90.5 Å². The van der Waals surface area contributed by atoms with Gasteiger partial charge in [0.15, 0.2) is 0 Å². The van der Waals surface area contributed by atoms with Crippen LogP contribution in [0.25, 0.3) is 0 Å². The van der Waals surface area contributed by atoms with Gasteiger partial charge >= 0.3 is 0 Å². The minimum absolute atomic E-state index is 0.301. The van der Waals surface area contributed by atoms with Crippen LogP contribution < -0.4 is 11.1 Å². The summed E-state index contributed by atoms with van der Waals surface area (Å²) in [4.78, 5) is 3.99. The summed E-state index contributed by atoms with van der Waals surface area (Å²) < 4.78 is 0. The molecule has 0 fully saturated rings. The number of aliphatic hydroxyl groups is 1. The monoisotopic (exact) mass is 209 g/mol. The standard InChI is InChI=1S/C11H19N3O/c12-11-6-5-10(9-14-11)13-7-3-1-2-4-8-15/h5-6,9,13,15H,1-4,7-8H2,(H2,12,14). The summed E-state index contributed by atoms with van der Waals surface area (Å²) in [7, 11) is 0. The van der Waals surface area contributed by atoms with E-state index in [9.17, 15) is 0 Å². The lowest BCUT2D eigenvalue weighted by molar-refractivity contribution is 0.283. The Morgan fingerprint density at radius 1 is 1.20 bits per heavy atom. The van der Waals surface area contributed by atoms with E-state index in [1.54, 1.807) is 12.3 Å². The molecule has 0 aromatic carbocycles. The van der Waals surface area contributed by atoms with Crippen molar-refractivity contribution >= 4 is 11.5 Å². The second-order valence-corrected chi connectivity index (χ2v) is 3.54. The van der Waals surface area contributed by atoms with E-state index in [0.717, 1.165) is 37.9 Å². The number of pyridine rings is 1. The lowest BCUT2D eigenvalue weighted by Crippen LogP contribution is -2.02. The van der Waals surface area contributed by atoms with Gasteiger partial charge in [0.05, 0.1) is 11.9 Å². The molecule has 0 saturated heterocycles. The van der Waals surface area contributed by atoms with E-state index in [-0.39, 0.29) is 0 Å². The smallest absolute Gasteiger partial charge is 0.123 e. The summed E-state index contributed by atoms with van der Waals surface area (Å²) >= 11 is 0. The summed E-state index contributed by atoms with van der Waals surface area (Å²) in [6.45, 7) is 1.24. The van der Waals surface area contributed by atoms with Gasteiger partial charge in [-0.15, -0.1) is 0 Å². The first kappa shape index (κ1) is 11.8. The quantitative estimate of drug-likeness (QED) is 0.597. The van der Waals surface area contributed by atoms with E-state index in [1.165, 1.54) is 0 Å². The van der Waals surface area contributed by atoms with Crippen LogP contribution in [0.3, 0.4) is 0 Å². The molecule has 1 heterocycles. The number of hydrogen-bond donors (Lipinski definition) is 3. The topological polar surface area (TPSA) is 71.2 Å². The minimum Gasteiger partial charge on any atom is -0.396 e. The maximum absolute atomic E-state index is 8.59. The molecule has 0 atom stereocenters. The molecule has 0 aliphatic carbocycles. The molecule has 0 unspecified atom stereocenters. The first-order valence-electron chi connectivity index (χ1n) is 5.39. The number of nitrogens with one attached hydrogen (secondary N) is 1. The molecule has 0 saturated carbocycles. The number of anilines is 2. The van der Waals surface area contributed by atoms with Gasteiger partial charge in [-0.05, 0) is 25.0 Å². The fourth-order valence-corrected chi connectivity index (χ4v) is 1.33. The van der Waals surface area contributed by atoms with E-state index in [1.807, 2.05) is 6.07 Å². The first-order valence-corrected chi connectivity index (χ1v) is 5.39. The van der Waals surface area contributed by atoms with Gasteiger partial charge in [0.1, 0.15) is 5.82 Å². The summed E-state index contributed by atoms with van der Waals surface area (Å²) in [5, 5.41) is 11.9. The van der Waals surface area contributed by atoms with Crippen LogP contribution in [-0.4, -0.2) is 23.2 Å². The lowest BCUT2D eigenvalue weighted by atomic mass is 10.2. The number of nitrogen functional groups attached to an aromatic ring is 1. The van der Waals surface area contributed by atoms with Crippen LogP contribution in [0.1, 0.15) is 25.7 Å². The third kappa shape index (κ3) is 5.22. The van der Waals surface area contributed by atoms with E-state index in [4.69, 9.17) is 10.8 Å². The fourth-order valence-electron chi connectivity index (χ4n) is 1.33. The molecule has 4 nitrogen and oxygen atoms in total. The van der Waals surface area contributed by atoms with Crippen LogP contribution in [0.4, 0.5) is 11.5 Å². The summed E-state index contributed by atoms with van der Waals surface area (Å²) in [6.07, 6.45) is 6.00. The van der Waals surface area contributed by atoms with Gasteiger partial charge in [-0.3, -0.25) is 0 Å². The molecule has 1 aromatic heterocycles. The van der Waals surface area contributed by atoms with Crippen molar-refractivity contribution in [1.29, 1.82) is 0 Å². The number of nitrogens with two attached hydrogens (primary N) is 1. The Bertz CT molecular complexity index is 261. The summed E-state index contributed by atoms with van der Waals surface area (Å²) in [5.41, 5.74) is 6.48. The van der Waals surface area contributed by atoms with Crippen LogP contribution in [0.5, 0.6) is 0 Å². The van der Waals surface area contributed by atoms with Crippen LogP contribution in [0.15, 0.2) is 18.3 Å². The van der Waals surface area contributed by atoms with Gasteiger partial charge in [-0.25, -0.2) is 4.98 Å². The second kappa shape index (κ2) is 7.06. The van der Waals surface area contributed by atoms with Gasteiger partial charge in [-0.2, -0.15) is 0 Å².